The van der Waals surface area contributed by atoms with E-state index in [2.05, 4.69) is 10.6 Å². The molecule has 0 atom stereocenters. The highest BCUT2D eigenvalue weighted by Crippen LogP contribution is 2.06. The third-order valence-electron chi connectivity index (χ3n) is 1.78. The fourth-order valence-corrected chi connectivity index (χ4v) is 1.03. The second kappa shape index (κ2) is 4.71. The van der Waals surface area contributed by atoms with E-state index in [-0.39, 0.29) is 11.8 Å². The van der Waals surface area contributed by atoms with Gasteiger partial charge in [-0.2, -0.15) is 5.10 Å². The van der Waals surface area contributed by atoms with E-state index in [1.165, 1.54) is 12.1 Å². The summed E-state index contributed by atoms with van der Waals surface area (Å²) in [5, 5.41) is 5.00. The number of nitrogens with zero attached hydrogens (tertiary/aromatic N) is 2. The van der Waals surface area contributed by atoms with Crippen molar-refractivity contribution in [3.63, 3.8) is 0 Å². The van der Waals surface area contributed by atoms with Gasteiger partial charge in [-0.3, -0.25) is 14.4 Å². The maximum Gasteiger partial charge on any atom is 0.291 e. The Bertz CT molecular complexity index is 275. The van der Waals surface area contributed by atoms with Crippen LogP contribution >= 0.6 is 0 Å². The topological polar surface area (TPSA) is 71.0 Å². The number of hydrogen-bond acceptors (Lipinski definition) is 4. The molecule has 1 heterocycles. The summed E-state index contributed by atoms with van der Waals surface area (Å²) in [5.41, 5.74) is 2.55. The number of carbonyl (C=O) groups is 2. The highest BCUT2D eigenvalue weighted by atomic mass is 16.6. The minimum absolute atomic E-state index is 0.0852. The SMILES string of the molecule is CCONC(=O)C1=NN(C)C(=O)CC1. The van der Waals surface area contributed by atoms with Crippen LogP contribution in [-0.4, -0.2) is 36.2 Å². The normalized spacial score (nSPS) is 16.6. The number of hydroxylamine groups is 1. The molecule has 0 unspecified atom stereocenters. The summed E-state index contributed by atoms with van der Waals surface area (Å²) in [6.07, 6.45) is 0.678. The van der Waals surface area contributed by atoms with Crippen LogP contribution in [0.4, 0.5) is 0 Å². The van der Waals surface area contributed by atoms with E-state index in [4.69, 9.17) is 4.84 Å². The molecule has 1 aliphatic heterocycles. The Morgan fingerprint density at radius 2 is 2.36 bits per heavy atom. The molecule has 1 aliphatic rings. The van der Waals surface area contributed by atoms with Crippen LogP contribution in [0.15, 0.2) is 5.10 Å². The molecule has 14 heavy (non-hydrogen) atoms. The minimum Gasteiger partial charge on any atom is -0.274 e. The maximum absolute atomic E-state index is 11.3. The van der Waals surface area contributed by atoms with Gasteiger partial charge in [0, 0.05) is 19.9 Å². The van der Waals surface area contributed by atoms with Crippen molar-refractivity contribution < 1.29 is 14.4 Å². The highest BCUT2D eigenvalue weighted by molar-refractivity contribution is 6.39. The molecule has 6 nitrogen and oxygen atoms in total. The van der Waals surface area contributed by atoms with Crippen LogP contribution in [0, 0.1) is 0 Å². The van der Waals surface area contributed by atoms with Gasteiger partial charge in [0.05, 0.1) is 6.61 Å². The summed E-state index contributed by atoms with van der Waals surface area (Å²) in [7, 11) is 1.52. The third-order valence-corrected chi connectivity index (χ3v) is 1.78. The van der Waals surface area contributed by atoms with Gasteiger partial charge in [0.15, 0.2) is 0 Å². The van der Waals surface area contributed by atoms with Gasteiger partial charge in [-0.15, -0.1) is 0 Å². The Kier molecular flexibility index (Phi) is 3.58. The van der Waals surface area contributed by atoms with Crippen molar-refractivity contribution >= 4 is 17.5 Å². The van der Waals surface area contributed by atoms with E-state index in [0.29, 0.717) is 25.2 Å². The zero-order valence-corrected chi connectivity index (χ0v) is 8.24. The largest absolute Gasteiger partial charge is 0.291 e. The molecule has 1 rings (SSSR count). The second-order valence-corrected chi connectivity index (χ2v) is 2.83. The molecule has 2 amide bonds. The van der Waals surface area contributed by atoms with E-state index in [1.54, 1.807) is 6.92 Å². The molecule has 0 bridgehead atoms. The minimum atomic E-state index is -0.383. The smallest absolute Gasteiger partial charge is 0.274 e. The molecular weight excluding hydrogens is 186 g/mol. The second-order valence-electron chi connectivity index (χ2n) is 2.83. The lowest BCUT2D eigenvalue weighted by atomic mass is 10.1. The van der Waals surface area contributed by atoms with Gasteiger partial charge in [-0.25, -0.2) is 10.5 Å². The van der Waals surface area contributed by atoms with Gasteiger partial charge in [0.25, 0.3) is 5.91 Å². The van der Waals surface area contributed by atoms with Crippen LogP contribution in [-0.2, 0) is 14.4 Å². The first-order chi connectivity index (χ1) is 6.65. The van der Waals surface area contributed by atoms with Gasteiger partial charge in [0.1, 0.15) is 5.71 Å². The average molecular weight is 199 g/mol. The molecule has 0 aromatic carbocycles. The molecule has 1 N–H and O–H groups in total. The first-order valence-corrected chi connectivity index (χ1v) is 4.41. The molecule has 0 saturated heterocycles. The summed E-state index contributed by atoms with van der Waals surface area (Å²) < 4.78 is 0. The molecule has 0 fully saturated rings. The van der Waals surface area contributed by atoms with Crippen molar-refractivity contribution in [2.45, 2.75) is 19.8 Å². The van der Waals surface area contributed by atoms with Crippen LogP contribution in [0.1, 0.15) is 19.8 Å². The summed E-state index contributed by atoms with van der Waals surface area (Å²) in [4.78, 5) is 27.1. The predicted octanol–water partition coefficient (Wildman–Crippen LogP) is -0.338. The van der Waals surface area contributed by atoms with E-state index in [0.717, 1.165) is 0 Å². The molecule has 6 heteroatoms. The molecule has 0 saturated carbocycles. The maximum atomic E-state index is 11.3. The molecule has 0 aliphatic carbocycles. The third kappa shape index (κ3) is 2.53. The number of nitrogens with one attached hydrogen (secondary N) is 1. The van der Waals surface area contributed by atoms with Gasteiger partial charge < -0.3 is 0 Å². The van der Waals surface area contributed by atoms with Crippen LogP contribution < -0.4 is 5.48 Å². The molecule has 0 spiro atoms. The Morgan fingerprint density at radius 3 is 2.93 bits per heavy atom. The quantitative estimate of drug-likeness (QED) is 0.632. The standard InChI is InChI=1S/C8H13N3O3/c1-3-14-10-8(13)6-4-5-7(12)11(2)9-6/h3-5H2,1-2H3,(H,10,13). The van der Waals surface area contributed by atoms with Gasteiger partial charge in [-0.05, 0) is 6.92 Å². The number of hydrazone groups is 1. The lowest BCUT2D eigenvalue weighted by molar-refractivity contribution is -0.131. The van der Waals surface area contributed by atoms with Crippen molar-refractivity contribution in [2.75, 3.05) is 13.7 Å². The molecule has 0 aromatic rings. The fraction of sp³-hybridized carbons (Fsp3) is 0.625. The van der Waals surface area contributed by atoms with Crippen molar-refractivity contribution in [1.29, 1.82) is 0 Å². The van der Waals surface area contributed by atoms with Crippen LogP contribution in [0.5, 0.6) is 0 Å². The zero-order valence-electron chi connectivity index (χ0n) is 8.24. The lowest BCUT2D eigenvalue weighted by Crippen LogP contribution is -2.37. The van der Waals surface area contributed by atoms with E-state index in [9.17, 15) is 9.59 Å². The van der Waals surface area contributed by atoms with Crippen molar-refractivity contribution in [2.24, 2.45) is 5.10 Å². The Labute approximate surface area is 81.9 Å². The number of hydrogen-bond donors (Lipinski definition) is 1. The summed E-state index contributed by atoms with van der Waals surface area (Å²) in [6.45, 7) is 2.16. The fourth-order valence-electron chi connectivity index (χ4n) is 1.03. The summed E-state index contributed by atoms with van der Waals surface area (Å²) in [5.74, 6) is -0.468. The first-order valence-electron chi connectivity index (χ1n) is 4.41. The van der Waals surface area contributed by atoms with Gasteiger partial charge in [0.2, 0.25) is 5.91 Å². The average Bonchev–Trinajstić information content (AvgIpc) is 2.18. The number of carbonyl (C=O) groups excluding carboxylic acids is 2. The van der Waals surface area contributed by atoms with E-state index >= 15 is 0 Å². The van der Waals surface area contributed by atoms with Crippen LogP contribution in [0.2, 0.25) is 0 Å². The van der Waals surface area contributed by atoms with E-state index in [1.807, 2.05) is 0 Å². The Morgan fingerprint density at radius 1 is 1.64 bits per heavy atom. The van der Waals surface area contributed by atoms with Crippen LogP contribution in [0.3, 0.4) is 0 Å². The summed E-state index contributed by atoms with van der Waals surface area (Å²) >= 11 is 0. The molecule has 0 radical (unpaired) electrons. The van der Waals surface area contributed by atoms with Crippen molar-refractivity contribution in [3.8, 4) is 0 Å². The zero-order chi connectivity index (χ0) is 10.6. The van der Waals surface area contributed by atoms with Crippen molar-refractivity contribution in [1.82, 2.24) is 10.5 Å². The van der Waals surface area contributed by atoms with Gasteiger partial charge >= 0.3 is 0 Å². The Balaban J connectivity index is 2.56. The number of rotatable bonds is 3. The predicted molar refractivity (Wildman–Crippen MR) is 49.2 cm³/mol. The lowest BCUT2D eigenvalue weighted by Gasteiger charge is -2.18. The number of amides is 2. The molecule has 78 valence electrons. The molecule has 0 aromatic heterocycles. The van der Waals surface area contributed by atoms with E-state index < -0.39 is 0 Å². The summed E-state index contributed by atoms with van der Waals surface area (Å²) in [6, 6.07) is 0. The first kappa shape index (κ1) is 10.6. The Hall–Kier alpha value is -1.43. The van der Waals surface area contributed by atoms with Crippen molar-refractivity contribution in [3.05, 3.63) is 0 Å². The van der Waals surface area contributed by atoms with Gasteiger partial charge in [-0.1, -0.05) is 0 Å². The van der Waals surface area contributed by atoms with Crippen LogP contribution in [0.25, 0.3) is 0 Å². The molecular formula is C8H13N3O3. The highest BCUT2D eigenvalue weighted by Gasteiger charge is 2.21. The monoisotopic (exact) mass is 199 g/mol.